The number of rotatable bonds is 8. The van der Waals surface area contributed by atoms with Crippen LogP contribution in [0.25, 0.3) is 0 Å². The number of amides is 1. The largest absolute Gasteiger partial charge is 0.481 e. The van der Waals surface area contributed by atoms with Crippen molar-refractivity contribution in [1.82, 2.24) is 10.2 Å². The smallest absolute Gasteiger partial charge is 0.304 e. The molecule has 1 heterocycles. The molecule has 1 fully saturated rings. The Morgan fingerprint density at radius 1 is 1.47 bits per heavy atom. The van der Waals surface area contributed by atoms with E-state index in [9.17, 15) is 9.59 Å². The van der Waals surface area contributed by atoms with E-state index in [2.05, 4.69) is 10.2 Å². The summed E-state index contributed by atoms with van der Waals surface area (Å²) in [7, 11) is 0. The lowest BCUT2D eigenvalue weighted by atomic mass is 10.1. The normalized spacial score (nSPS) is 20.2. The zero-order chi connectivity index (χ0) is 14.1. The molecule has 1 amide bonds. The summed E-state index contributed by atoms with van der Waals surface area (Å²) in [5, 5.41) is 11.4. The van der Waals surface area contributed by atoms with Gasteiger partial charge in [-0.15, -0.1) is 0 Å². The van der Waals surface area contributed by atoms with E-state index >= 15 is 0 Å². The molecule has 110 valence electrons. The molecule has 0 saturated carbocycles. The summed E-state index contributed by atoms with van der Waals surface area (Å²) in [4.78, 5) is 24.0. The maximum atomic E-state index is 11.4. The average Bonchev–Trinajstić information content (AvgIpc) is 2.41. The summed E-state index contributed by atoms with van der Waals surface area (Å²) >= 11 is 0. The van der Waals surface area contributed by atoms with Gasteiger partial charge in [0, 0.05) is 19.6 Å². The number of ether oxygens (including phenoxy) is 1. The molecule has 0 aromatic carbocycles. The van der Waals surface area contributed by atoms with Gasteiger partial charge in [0.05, 0.1) is 12.5 Å². The van der Waals surface area contributed by atoms with Gasteiger partial charge in [-0.05, 0) is 25.8 Å². The van der Waals surface area contributed by atoms with E-state index < -0.39 is 5.97 Å². The fourth-order valence-electron chi connectivity index (χ4n) is 2.11. The second-order valence-corrected chi connectivity index (χ2v) is 4.87. The summed E-state index contributed by atoms with van der Waals surface area (Å²) in [5.41, 5.74) is 0. The van der Waals surface area contributed by atoms with Gasteiger partial charge < -0.3 is 20.1 Å². The SMILES string of the molecule is CCCNC(=O)COC1CCCN(CCC(=O)O)C1. The minimum absolute atomic E-state index is 0.0370. The predicted octanol–water partition coefficient (Wildman–Crippen LogP) is 0.468. The Labute approximate surface area is 114 Å². The van der Waals surface area contributed by atoms with Crippen LogP contribution >= 0.6 is 0 Å². The summed E-state index contributed by atoms with van der Waals surface area (Å²) in [6, 6.07) is 0. The highest BCUT2D eigenvalue weighted by Gasteiger charge is 2.21. The molecular weight excluding hydrogens is 248 g/mol. The molecule has 6 heteroatoms. The van der Waals surface area contributed by atoms with Gasteiger partial charge in [-0.3, -0.25) is 9.59 Å². The van der Waals surface area contributed by atoms with Crippen LogP contribution in [-0.4, -0.2) is 60.8 Å². The number of carboxylic acid groups (broad SMARTS) is 1. The molecule has 6 nitrogen and oxygen atoms in total. The molecule has 0 spiro atoms. The van der Waals surface area contributed by atoms with Gasteiger partial charge >= 0.3 is 5.97 Å². The van der Waals surface area contributed by atoms with E-state index in [4.69, 9.17) is 9.84 Å². The van der Waals surface area contributed by atoms with E-state index in [0.717, 1.165) is 25.8 Å². The van der Waals surface area contributed by atoms with Crippen molar-refractivity contribution >= 4 is 11.9 Å². The van der Waals surface area contributed by atoms with Gasteiger partial charge in [-0.25, -0.2) is 0 Å². The number of carbonyl (C=O) groups is 2. The lowest BCUT2D eigenvalue weighted by Crippen LogP contribution is -2.42. The first-order valence-electron chi connectivity index (χ1n) is 6.94. The Hall–Kier alpha value is -1.14. The molecule has 0 radical (unpaired) electrons. The van der Waals surface area contributed by atoms with Gasteiger partial charge in [0.1, 0.15) is 6.61 Å². The van der Waals surface area contributed by atoms with Crippen molar-refractivity contribution in [2.75, 3.05) is 32.8 Å². The van der Waals surface area contributed by atoms with Gasteiger partial charge in [0.2, 0.25) is 5.91 Å². The Balaban J connectivity index is 2.19. The van der Waals surface area contributed by atoms with Crippen molar-refractivity contribution in [3.05, 3.63) is 0 Å². The van der Waals surface area contributed by atoms with Crippen molar-refractivity contribution in [2.24, 2.45) is 0 Å². The number of nitrogens with one attached hydrogen (secondary N) is 1. The Morgan fingerprint density at radius 3 is 2.95 bits per heavy atom. The van der Waals surface area contributed by atoms with Crippen LogP contribution in [0.4, 0.5) is 0 Å². The third-order valence-corrected chi connectivity index (χ3v) is 3.13. The monoisotopic (exact) mass is 272 g/mol. The number of piperidine rings is 1. The number of carboxylic acids is 1. The molecule has 1 unspecified atom stereocenters. The second-order valence-electron chi connectivity index (χ2n) is 4.87. The van der Waals surface area contributed by atoms with E-state index in [1.807, 2.05) is 6.92 Å². The molecule has 0 bridgehead atoms. The predicted molar refractivity (Wildman–Crippen MR) is 71.0 cm³/mol. The lowest BCUT2D eigenvalue weighted by molar-refractivity contribution is -0.137. The van der Waals surface area contributed by atoms with Crippen LogP contribution in [0.5, 0.6) is 0 Å². The van der Waals surface area contributed by atoms with Gasteiger partial charge in [0.15, 0.2) is 0 Å². The molecule has 1 atom stereocenters. The molecule has 1 aliphatic heterocycles. The fourth-order valence-corrected chi connectivity index (χ4v) is 2.11. The summed E-state index contributed by atoms with van der Waals surface area (Å²) in [5.74, 6) is -0.855. The number of aliphatic carboxylic acids is 1. The van der Waals surface area contributed by atoms with Crippen molar-refractivity contribution < 1.29 is 19.4 Å². The average molecular weight is 272 g/mol. The Morgan fingerprint density at radius 2 is 2.26 bits per heavy atom. The van der Waals surface area contributed by atoms with Gasteiger partial charge in [0.25, 0.3) is 0 Å². The van der Waals surface area contributed by atoms with Crippen LogP contribution in [0, 0.1) is 0 Å². The maximum absolute atomic E-state index is 11.4. The molecule has 1 rings (SSSR count). The molecule has 1 saturated heterocycles. The Kier molecular flexibility index (Phi) is 7.43. The molecule has 0 aliphatic carbocycles. The van der Waals surface area contributed by atoms with Crippen molar-refractivity contribution in [2.45, 2.75) is 38.7 Å². The molecule has 19 heavy (non-hydrogen) atoms. The fraction of sp³-hybridized carbons (Fsp3) is 0.846. The number of likely N-dealkylation sites (tertiary alicyclic amines) is 1. The van der Waals surface area contributed by atoms with Crippen LogP contribution < -0.4 is 5.32 Å². The summed E-state index contributed by atoms with van der Waals surface area (Å²) in [6.45, 7) is 4.96. The number of nitrogens with zero attached hydrogens (tertiary/aromatic N) is 1. The highest BCUT2D eigenvalue weighted by atomic mass is 16.5. The third kappa shape index (κ3) is 7.12. The van der Waals surface area contributed by atoms with E-state index in [0.29, 0.717) is 19.6 Å². The third-order valence-electron chi connectivity index (χ3n) is 3.13. The van der Waals surface area contributed by atoms with Crippen LogP contribution in [-0.2, 0) is 14.3 Å². The molecule has 0 aromatic rings. The lowest BCUT2D eigenvalue weighted by Gasteiger charge is -2.32. The first kappa shape index (κ1) is 15.9. The minimum atomic E-state index is -0.776. The zero-order valence-electron chi connectivity index (χ0n) is 11.6. The van der Waals surface area contributed by atoms with Crippen LogP contribution in [0.3, 0.4) is 0 Å². The van der Waals surface area contributed by atoms with Crippen LogP contribution in [0.15, 0.2) is 0 Å². The molecule has 2 N–H and O–H groups in total. The summed E-state index contributed by atoms with van der Waals surface area (Å²) < 4.78 is 5.58. The molecule has 1 aliphatic rings. The summed E-state index contributed by atoms with van der Waals surface area (Å²) in [6.07, 6.45) is 3.03. The number of hydrogen-bond donors (Lipinski definition) is 2. The van der Waals surface area contributed by atoms with Gasteiger partial charge in [-0.2, -0.15) is 0 Å². The quantitative estimate of drug-likeness (QED) is 0.671. The van der Waals surface area contributed by atoms with Crippen molar-refractivity contribution in [1.29, 1.82) is 0 Å². The van der Waals surface area contributed by atoms with E-state index in [1.54, 1.807) is 0 Å². The zero-order valence-corrected chi connectivity index (χ0v) is 11.6. The number of carbonyl (C=O) groups excluding carboxylic acids is 1. The van der Waals surface area contributed by atoms with Crippen molar-refractivity contribution in [3.63, 3.8) is 0 Å². The van der Waals surface area contributed by atoms with Gasteiger partial charge in [-0.1, -0.05) is 6.92 Å². The topological polar surface area (TPSA) is 78.9 Å². The Bertz CT molecular complexity index is 296. The minimum Gasteiger partial charge on any atom is -0.481 e. The number of hydrogen-bond acceptors (Lipinski definition) is 4. The second kappa shape index (κ2) is 8.87. The molecule has 0 aromatic heterocycles. The first-order chi connectivity index (χ1) is 9.11. The highest BCUT2D eigenvalue weighted by molar-refractivity contribution is 5.77. The highest BCUT2D eigenvalue weighted by Crippen LogP contribution is 2.13. The van der Waals surface area contributed by atoms with E-state index in [-0.39, 0.29) is 25.0 Å². The van der Waals surface area contributed by atoms with Crippen LogP contribution in [0.2, 0.25) is 0 Å². The van der Waals surface area contributed by atoms with E-state index in [1.165, 1.54) is 0 Å². The maximum Gasteiger partial charge on any atom is 0.304 e. The standard InChI is InChI=1S/C13H24N2O4/c1-2-6-14-12(16)10-19-11-4-3-7-15(9-11)8-5-13(17)18/h11H,2-10H2,1H3,(H,14,16)(H,17,18). The first-order valence-corrected chi connectivity index (χ1v) is 6.94. The van der Waals surface area contributed by atoms with Crippen LogP contribution in [0.1, 0.15) is 32.6 Å². The van der Waals surface area contributed by atoms with Crippen molar-refractivity contribution in [3.8, 4) is 0 Å². The molecular formula is C13H24N2O4.